The number of hydrogen-bond acceptors (Lipinski definition) is 6. The van der Waals surface area contributed by atoms with Crippen LogP contribution in [0.15, 0.2) is 70.7 Å². The Hall–Kier alpha value is -3.72. The summed E-state index contributed by atoms with van der Waals surface area (Å²) in [6, 6.07) is 13.4. The van der Waals surface area contributed by atoms with Crippen molar-refractivity contribution in [3.63, 3.8) is 0 Å². The molecule has 0 aliphatic rings. The summed E-state index contributed by atoms with van der Waals surface area (Å²) in [5.74, 6) is 0.205. The highest BCUT2D eigenvalue weighted by Crippen LogP contribution is 2.32. The number of ether oxygens (including phenoxy) is 1. The molecule has 4 rings (SSSR count). The van der Waals surface area contributed by atoms with E-state index in [2.05, 4.69) is 20.5 Å². The van der Waals surface area contributed by atoms with E-state index in [0.717, 1.165) is 16.5 Å². The highest BCUT2D eigenvalue weighted by Gasteiger charge is 2.23. The lowest BCUT2D eigenvalue weighted by atomic mass is 10.0. The van der Waals surface area contributed by atoms with Gasteiger partial charge < -0.3 is 10.1 Å². The SMILES string of the molecule is COc1ccc(C(C)C)cc1S(=O)(=O)c1ccc(CNC(=O)c2cnc3[nH]ncc3c2)cc1. The zero-order chi connectivity index (χ0) is 23.6. The summed E-state index contributed by atoms with van der Waals surface area (Å²) < 4.78 is 31.8. The van der Waals surface area contributed by atoms with Crippen molar-refractivity contribution < 1.29 is 17.9 Å². The molecular weight excluding hydrogens is 440 g/mol. The number of carbonyl (C=O) groups is 1. The van der Waals surface area contributed by atoms with Crippen LogP contribution in [0, 0.1) is 0 Å². The number of nitrogens with one attached hydrogen (secondary N) is 2. The van der Waals surface area contributed by atoms with E-state index in [1.807, 2.05) is 19.9 Å². The maximum absolute atomic E-state index is 13.3. The van der Waals surface area contributed by atoms with Crippen molar-refractivity contribution in [3.05, 3.63) is 77.6 Å². The third kappa shape index (κ3) is 4.58. The minimum absolute atomic E-state index is 0.138. The van der Waals surface area contributed by atoms with E-state index in [4.69, 9.17) is 4.74 Å². The van der Waals surface area contributed by atoms with Crippen LogP contribution in [0.1, 0.15) is 41.3 Å². The fraction of sp³-hybridized carbons (Fsp3) is 0.208. The molecule has 33 heavy (non-hydrogen) atoms. The number of aromatic nitrogens is 3. The zero-order valence-electron chi connectivity index (χ0n) is 18.5. The number of hydrogen-bond donors (Lipinski definition) is 2. The number of H-pyrrole nitrogens is 1. The smallest absolute Gasteiger partial charge is 0.253 e. The van der Waals surface area contributed by atoms with Gasteiger partial charge in [0.1, 0.15) is 10.6 Å². The van der Waals surface area contributed by atoms with Crippen molar-refractivity contribution in [1.82, 2.24) is 20.5 Å². The van der Waals surface area contributed by atoms with E-state index in [0.29, 0.717) is 17.0 Å². The number of methoxy groups -OCH3 is 1. The standard InChI is InChI=1S/C24H24N4O4S/c1-15(2)17-6-9-21(32-3)22(11-17)33(30,31)20-7-4-16(5-8-20)12-26-24(29)19-10-18-14-27-28-23(18)25-13-19/h4-11,13-15H,12H2,1-3H3,(H,26,29)(H,25,27,28). The minimum Gasteiger partial charge on any atom is -0.495 e. The molecule has 8 nitrogen and oxygen atoms in total. The molecule has 170 valence electrons. The first-order chi connectivity index (χ1) is 15.8. The van der Waals surface area contributed by atoms with Crippen LogP contribution >= 0.6 is 0 Å². The highest BCUT2D eigenvalue weighted by atomic mass is 32.2. The molecule has 0 unspecified atom stereocenters. The third-order valence-corrected chi connectivity index (χ3v) is 7.17. The normalized spacial score (nSPS) is 11.6. The summed E-state index contributed by atoms with van der Waals surface area (Å²) in [5.41, 5.74) is 2.71. The van der Waals surface area contributed by atoms with E-state index < -0.39 is 9.84 Å². The van der Waals surface area contributed by atoms with Crippen molar-refractivity contribution in [2.75, 3.05) is 7.11 Å². The van der Waals surface area contributed by atoms with Crippen LogP contribution in [0.3, 0.4) is 0 Å². The topological polar surface area (TPSA) is 114 Å². The van der Waals surface area contributed by atoms with Crippen molar-refractivity contribution in [1.29, 1.82) is 0 Å². The van der Waals surface area contributed by atoms with Gasteiger partial charge in [-0.3, -0.25) is 9.89 Å². The predicted molar refractivity (Wildman–Crippen MR) is 124 cm³/mol. The van der Waals surface area contributed by atoms with E-state index in [-0.39, 0.29) is 28.2 Å². The largest absolute Gasteiger partial charge is 0.495 e. The number of rotatable bonds is 7. The molecule has 0 bridgehead atoms. The molecule has 0 aliphatic heterocycles. The van der Waals surface area contributed by atoms with E-state index in [9.17, 15) is 13.2 Å². The van der Waals surface area contributed by atoms with Crippen molar-refractivity contribution in [3.8, 4) is 5.75 Å². The van der Waals surface area contributed by atoms with Gasteiger partial charge in [-0.2, -0.15) is 5.10 Å². The number of aromatic amines is 1. The Morgan fingerprint density at radius 2 is 1.85 bits per heavy atom. The van der Waals surface area contributed by atoms with Gasteiger partial charge in [-0.25, -0.2) is 13.4 Å². The average molecular weight is 465 g/mol. The number of amides is 1. The van der Waals surface area contributed by atoms with Gasteiger partial charge in [0.25, 0.3) is 5.91 Å². The molecule has 4 aromatic rings. The van der Waals surface area contributed by atoms with Gasteiger partial charge in [-0.05, 0) is 47.4 Å². The Kier molecular flexibility index (Phi) is 6.15. The zero-order valence-corrected chi connectivity index (χ0v) is 19.3. The van der Waals surface area contributed by atoms with Gasteiger partial charge >= 0.3 is 0 Å². The fourth-order valence-electron chi connectivity index (χ4n) is 3.42. The van der Waals surface area contributed by atoms with Gasteiger partial charge in [-0.15, -0.1) is 0 Å². The molecular formula is C24H24N4O4S. The predicted octanol–water partition coefficient (Wildman–Crippen LogP) is 3.85. The van der Waals surface area contributed by atoms with Crippen LogP contribution in [-0.2, 0) is 16.4 Å². The monoisotopic (exact) mass is 464 g/mol. The lowest BCUT2D eigenvalue weighted by Crippen LogP contribution is -2.22. The Morgan fingerprint density at radius 1 is 1.09 bits per heavy atom. The van der Waals surface area contributed by atoms with Crippen LogP contribution < -0.4 is 10.1 Å². The third-order valence-electron chi connectivity index (χ3n) is 5.38. The Bertz CT molecular complexity index is 1410. The molecule has 0 atom stereocenters. The van der Waals surface area contributed by atoms with Crippen LogP contribution in [0.2, 0.25) is 0 Å². The molecule has 2 aromatic heterocycles. The number of nitrogens with zero attached hydrogens (tertiary/aromatic N) is 2. The lowest BCUT2D eigenvalue weighted by molar-refractivity contribution is 0.0950. The number of sulfone groups is 1. The molecule has 2 aromatic carbocycles. The van der Waals surface area contributed by atoms with Crippen molar-refractivity contribution >= 4 is 26.8 Å². The molecule has 0 spiro atoms. The van der Waals surface area contributed by atoms with Crippen LogP contribution in [0.4, 0.5) is 0 Å². The summed E-state index contributed by atoms with van der Waals surface area (Å²) >= 11 is 0. The summed E-state index contributed by atoms with van der Waals surface area (Å²) in [6.07, 6.45) is 3.08. The summed E-state index contributed by atoms with van der Waals surface area (Å²) in [6.45, 7) is 4.25. The summed E-state index contributed by atoms with van der Waals surface area (Å²) in [4.78, 5) is 16.9. The van der Waals surface area contributed by atoms with Crippen LogP contribution in [0.5, 0.6) is 5.75 Å². The quantitative estimate of drug-likeness (QED) is 0.429. The number of benzene rings is 2. The van der Waals surface area contributed by atoms with Gasteiger partial charge in [0.05, 0.1) is 23.8 Å². The fourth-order valence-corrected chi connectivity index (χ4v) is 4.88. The molecule has 0 aliphatic carbocycles. The minimum atomic E-state index is -3.77. The maximum atomic E-state index is 13.3. The van der Waals surface area contributed by atoms with Crippen molar-refractivity contribution in [2.24, 2.45) is 0 Å². The average Bonchev–Trinajstić information content (AvgIpc) is 3.30. The molecule has 0 saturated carbocycles. The van der Waals surface area contributed by atoms with Crippen molar-refractivity contribution in [2.45, 2.75) is 36.1 Å². The molecule has 0 saturated heterocycles. The molecule has 0 radical (unpaired) electrons. The lowest BCUT2D eigenvalue weighted by Gasteiger charge is -2.14. The Labute approximate surface area is 191 Å². The second kappa shape index (κ2) is 9.03. The molecule has 0 fully saturated rings. The number of pyridine rings is 1. The highest BCUT2D eigenvalue weighted by molar-refractivity contribution is 7.91. The van der Waals surface area contributed by atoms with E-state index in [1.54, 1.807) is 36.5 Å². The van der Waals surface area contributed by atoms with Gasteiger partial charge in [0, 0.05) is 18.1 Å². The molecule has 2 heterocycles. The van der Waals surface area contributed by atoms with E-state index >= 15 is 0 Å². The maximum Gasteiger partial charge on any atom is 0.253 e. The second-order valence-electron chi connectivity index (χ2n) is 7.93. The van der Waals surface area contributed by atoms with Crippen LogP contribution in [-0.4, -0.2) is 36.6 Å². The van der Waals surface area contributed by atoms with Crippen LogP contribution in [0.25, 0.3) is 11.0 Å². The summed E-state index contributed by atoms with van der Waals surface area (Å²) in [7, 11) is -2.32. The molecule has 1 amide bonds. The summed E-state index contributed by atoms with van der Waals surface area (Å²) in [5, 5.41) is 10.2. The first-order valence-electron chi connectivity index (χ1n) is 10.4. The molecule has 2 N–H and O–H groups in total. The number of fused-ring (bicyclic) bond motifs is 1. The molecule has 9 heteroatoms. The first kappa shape index (κ1) is 22.5. The van der Waals surface area contributed by atoms with E-state index in [1.165, 1.54) is 25.4 Å². The second-order valence-corrected chi connectivity index (χ2v) is 9.84. The number of carbonyl (C=O) groups excluding carboxylic acids is 1. The first-order valence-corrected chi connectivity index (χ1v) is 11.9. The van der Waals surface area contributed by atoms with Gasteiger partial charge in [0.2, 0.25) is 9.84 Å². The van der Waals surface area contributed by atoms with Gasteiger partial charge in [0.15, 0.2) is 5.65 Å². The Morgan fingerprint density at radius 3 is 2.55 bits per heavy atom. The van der Waals surface area contributed by atoms with Gasteiger partial charge in [-0.1, -0.05) is 32.0 Å². The Balaban J connectivity index is 1.50.